The zero-order valence-corrected chi connectivity index (χ0v) is 18.1. The fraction of sp³-hybridized carbons (Fsp3) is 0.526. The van der Waals surface area contributed by atoms with E-state index in [9.17, 15) is 0 Å². The topological polar surface area (TPSA) is 68.2 Å². The molecule has 2 fully saturated rings. The lowest BCUT2D eigenvalue weighted by Gasteiger charge is -2.17. The lowest BCUT2D eigenvalue weighted by atomic mass is 10.2. The number of nitrogens with one attached hydrogen (secondary N) is 2. The molecule has 2 N–H and O–H groups in total. The molecule has 0 spiro atoms. The predicted octanol–water partition coefficient (Wildman–Crippen LogP) is 2.47. The molecular weight excluding hydrogens is 390 g/mol. The smallest absolute Gasteiger partial charge is 0.189 e. The highest BCUT2D eigenvalue weighted by Crippen LogP contribution is 2.09. The third-order valence-electron chi connectivity index (χ3n) is 4.92. The first-order valence-electron chi connectivity index (χ1n) is 9.71. The highest BCUT2D eigenvalue weighted by molar-refractivity contribution is 7.80. The zero-order valence-electron chi connectivity index (χ0n) is 16.4. The summed E-state index contributed by atoms with van der Waals surface area (Å²) in [6, 6.07) is 5.81. The van der Waals surface area contributed by atoms with Gasteiger partial charge in [-0.25, -0.2) is 4.98 Å². The Morgan fingerprint density at radius 1 is 0.821 bits per heavy atom. The minimum atomic E-state index is 0.672. The minimum Gasteiger partial charge on any atom is -0.348 e. The van der Waals surface area contributed by atoms with E-state index in [0.29, 0.717) is 10.2 Å². The number of hydrogen-bond donors (Lipinski definition) is 2. The van der Waals surface area contributed by atoms with E-state index in [4.69, 9.17) is 24.4 Å². The molecule has 9 heteroatoms. The van der Waals surface area contributed by atoms with Gasteiger partial charge in [-0.2, -0.15) is 10.2 Å². The summed E-state index contributed by atoms with van der Waals surface area (Å²) >= 11 is 10.8. The van der Waals surface area contributed by atoms with Crippen molar-refractivity contribution in [3.8, 4) is 0 Å². The van der Waals surface area contributed by atoms with Gasteiger partial charge in [0.2, 0.25) is 0 Å². The largest absolute Gasteiger partial charge is 0.348 e. The van der Waals surface area contributed by atoms with Crippen LogP contribution in [0.1, 0.15) is 50.9 Å². The highest BCUT2D eigenvalue weighted by Gasteiger charge is 2.15. The summed E-state index contributed by atoms with van der Waals surface area (Å²) in [5, 5.41) is 10.2. The molecule has 3 heterocycles. The zero-order chi connectivity index (χ0) is 19.9. The fourth-order valence-electron chi connectivity index (χ4n) is 3.20. The molecule has 0 amide bonds. The van der Waals surface area contributed by atoms with Gasteiger partial charge >= 0.3 is 0 Å². The van der Waals surface area contributed by atoms with E-state index < -0.39 is 0 Å². The summed E-state index contributed by atoms with van der Waals surface area (Å²) < 4.78 is 0. The van der Waals surface area contributed by atoms with Crippen LogP contribution in [0.4, 0.5) is 0 Å². The van der Waals surface area contributed by atoms with Gasteiger partial charge in [-0.3, -0.25) is 10.9 Å². The Labute approximate surface area is 177 Å². The summed E-state index contributed by atoms with van der Waals surface area (Å²) in [4.78, 5) is 8.95. The first-order valence-corrected chi connectivity index (χ1v) is 10.5. The van der Waals surface area contributed by atoms with Crippen LogP contribution in [0.15, 0.2) is 28.4 Å². The lowest BCUT2D eigenvalue weighted by Crippen LogP contribution is -2.35. The van der Waals surface area contributed by atoms with Crippen molar-refractivity contribution in [1.82, 2.24) is 25.6 Å². The van der Waals surface area contributed by atoms with Crippen molar-refractivity contribution in [2.45, 2.75) is 39.5 Å². The van der Waals surface area contributed by atoms with Crippen molar-refractivity contribution in [2.75, 3.05) is 26.2 Å². The highest BCUT2D eigenvalue weighted by atomic mass is 32.1. The summed E-state index contributed by atoms with van der Waals surface area (Å²) in [6.45, 7) is 7.82. The number of rotatable bonds is 4. The molecule has 0 saturated carbocycles. The fourth-order valence-corrected chi connectivity index (χ4v) is 3.65. The van der Waals surface area contributed by atoms with Gasteiger partial charge in [-0.1, -0.05) is 6.07 Å². The Morgan fingerprint density at radius 3 is 1.61 bits per heavy atom. The number of thiocarbonyl (C=S) groups is 2. The van der Waals surface area contributed by atoms with E-state index in [1.165, 1.54) is 25.7 Å². The lowest BCUT2D eigenvalue weighted by molar-refractivity contribution is 0.509. The maximum absolute atomic E-state index is 5.40. The van der Waals surface area contributed by atoms with Gasteiger partial charge in [0.1, 0.15) is 0 Å². The summed E-state index contributed by atoms with van der Waals surface area (Å²) in [7, 11) is 0. The number of pyridine rings is 1. The molecule has 1 aromatic rings. The van der Waals surface area contributed by atoms with Crippen LogP contribution < -0.4 is 10.9 Å². The minimum absolute atomic E-state index is 0.672. The predicted molar refractivity (Wildman–Crippen MR) is 122 cm³/mol. The quantitative estimate of drug-likeness (QED) is 0.443. The van der Waals surface area contributed by atoms with Gasteiger partial charge in [0, 0.05) is 26.2 Å². The Bertz CT molecular complexity index is 717. The van der Waals surface area contributed by atoms with Crippen LogP contribution in [0, 0.1) is 0 Å². The molecule has 0 bridgehead atoms. The van der Waals surface area contributed by atoms with Crippen LogP contribution in [0.5, 0.6) is 0 Å². The van der Waals surface area contributed by atoms with E-state index in [1.807, 2.05) is 32.0 Å². The Hall–Kier alpha value is -2.13. The SMILES string of the molecule is C/C(=N/NC(=S)N1CCCC1)c1cccc(/C(C)=N\NC(=S)N2CCCC2)n1. The summed E-state index contributed by atoms with van der Waals surface area (Å²) in [6.07, 6.45) is 4.73. The molecule has 0 unspecified atom stereocenters. The van der Waals surface area contributed by atoms with E-state index in [1.54, 1.807) is 0 Å². The second-order valence-electron chi connectivity index (χ2n) is 7.02. The molecule has 0 aromatic carbocycles. The molecule has 0 atom stereocenters. The van der Waals surface area contributed by atoms with Crippen LogP contribution >= 0.6 is 24.4 Å². The van der Waals surface area contributed by atoms with E-state index in [2.05, 4.69) is 35.8 Å². The van der Waals surface area contributed by atoms with Crippen molar-refractivity contribution < 1.29 is 0 Å². The third-order valence-corrected chi connectivity index (χ3v) is 5.61. The maximum Gasteiger partial charge on any atom is 0.189 e. The van der Waals surface area contributed by atoms with Crippen molar-refractivity contribution >= 4 is 46.1 Å². The Morgan fingerprint density at radius 2 is 1.21 bits per heavy atom. The molecule has 2 saturated heterocycles. The van der Waals surface area contributed by atoms with Crippen LogP contribution in [-0.2, 0) is 0 Å². The number of nitrogens with zero attached hydrogens (tertiary/aromatic N) is 5. The van der Waals surface area contributed by atoms with Crippen molar-refractivity contribution in [1.29, 1.82) is 0 Å². The van der Waals surface area contributed by atoms with Crippen molar-refractivity contribution in [3.05, 3.63) is 29.6 Å². The van der Waals surface area contributed by atoms with Crippen LogP contribution in [0.3, 0.4) is 0 Å². The average Bonchev–Trinajstić information content (AvgIpc) is 3.43. The van der Waals surface area contributed by atoms with Crippen molar-refractivity contribution in [3.63, 3.8) is 0 Å². The van der Waals surface area contributed by atoms with E-state index in [-0.39, 0.29) is 0 Å². The summed E-state index contributed by atoms with van der Waals surface area (Å²) in [5.74, 6) is 0. The maximum atomic E-state index is 5.40. The van der Waals surface area contributed by atoms with Crippen LogP contribution in [-0.4, -0.2) is 62.6 Å². The average molecular weight is 418 g/mol. The van der Waals surface area contributed by atoms with Gasteiger partial charge in [0.25, 0.3) is 0 Å². The monoisotopic (exact) mass is 417 g/mol. The van der Waals surface area contributed by atoms with Crippen molar-refractivity contribution in [2.24, 2.45) is 10.2 Å². The summed E-state index contributed by atoms with van der Waals surface area (Å²) in [5.41, 5.74) is 9.08. The van der Waals surface area contributed by atoms with E-state index in [0.717, 1.165) is 49.0 Å². The molecule has 7 nitrogen and oxygen atoms in total. The number of hydrogen-bond acceptors (Lipinski definition) is 5. The first-order chi connectivity index (χ1) is 13.5. The van der Waals surface area contributed by atoms with Crippen LogP contribution in [0.25, 0.3) is 0 Å². The third kappa shape index (κ3) is 5.45. The Kier molecular flexibility index (Phi) is 7.27. The van der Waals surface area contributed by atoms with Crippen LogP contribution in [0.2, 0.25) is 0 Å². The normalized spacial score (nSPS) is 17.8. The van der Waals surface area contributed by atoms with Gasteiger partial charge in [0.15, 0.2) is 10.2 Å². The molecule has 150 valence electrons. The van der Waals surface area contributed by atoms with Gasteiger partial charge in [-0.05, 0) is 76.1 Å². The molecule has 3 rings (SSSR count). The molecule has 2 aliphatic rings. The number of aromatic nitrogens is 1. The number of hydrazone groups is 2. The molecule has 1 aromatic heterocycles. The molecular formula is C19H27N7S2. The van der Waals surface area contributed by atoms with Gasteiger partial charge in [0.05, 0.1) is 22.8 Å². The molecule has 0 aliphatic carbocycles. The van der Waals surface area contributed by atoms with E-state index >= 15 is 0 Å². The second kappa shape index (κ2) is 9.88. The standard InChI is InChI=1S/C19H27N7S2/c1-14(21-23-18(27)25-10-3-4-11-25)16-8-7-9-17(20-16)15(2)22-24-19(28)26-12-5-6-13-26/h7-9H,3-6,10-13H2,1-2H3,(H,23,27)(H,24,28)/b21-14-,22-15-. The second-order valence-corrected chi connectivity index (χ2v) is 7.80. The first kappa shape index (κ1) is 20.6. The number of likely N-dealkylation sites (tertiary alicyclic amines) is 2. The molecule has 2 aliphatic heterocycles. The van der Waals surface area contributed by atoms with Gasteiger partial charge in [-0.15, -0.1) is 0 Å². The molecule has 0 radical (unpaired) electrons. The Balaban J connectivity index is 1.61. The van der Waals surface area contributed by atoms with Gasteiger partial charge < -0.3 is 9.80 Å². The molecule has 28 heavy (non-hydrogen) atoms.